The van der Waals surface area contributed by atoms with Gasteiger partial charge in [0.2, 0.25) is 5.88 Å². The lowest BCUT2D eigenvalue weighted by Crippen LogP contribution is -2.14. The highest BCUT2D eigenvalue weighted by Gasteiger charge is 2.07. The van der Waals surface area contributed by atoms with Gasteiger partial charge in [-0.25, -0.2) is 4.98 Å². The minimum atomic E-state index is 0.0945. The van der Waals surface area contributed by atoms with Crippen molar-refractivity contribution >= 4 is 0 Å². The monoisotopic (exact) mass is 188 g/mol. The van der Waals surface area contributed by atoms with Crippen LogP contribution in [0.15, 0.2) is 36.7 Å². The Labute approximate surface area is 83.2 Å². The van der Waals surface area contributed by atoms with Gasteiger partial charge in [-0.05, 0) is 13.0 Å². The first-order chi connectivity index (χ1) is 6.84. The van der Waals surface area contributed by atoms with Crippen LogP contribution in [0.2, 0.25) is 0 Å². The second-order valence-electron chi connectivity index (χ2n) is 3.20. The zero-order valence-electron chi connectivity index (χ0n) is 8.05. The molecule has 1 atom stereocenters. The van der Waals surface area contributed by atoms with Crippen LogP contribution >= 0.6 is 0 Å². The fourth-order valence-electron chi connectivity index (χ4n) is 1.24. The third-order valence-corrected chi connectivity index (χ3v) is 1.97. The molecule has 1 aliphatic rings. The van der Waals surface area contributed by atoms with Crippen LogP contribution in [0.1, 0.15) is 12.1 Å². The van der Waals surface area contributed by atoms with Gasteiger partial charge < -0.3 is 4.74 Å². The maximum Gasteiger partial charge on any atom is 0.232 e. The van der Waals surface area contributed by atoms with Crippen LogP contribution in [-0.2, 0) is 0 Å². The number of nitrogens with zero attached hydrogens (tertiary/aromatic N) is 2. The summed E-state index contributed by atoms with van der Waals surface area (Å²) in [6.45, 7) is 1.90. The molecule has 0 aromatic carbocycles. The van der Waals surface area contributed by atoms with Crippen molar-refractivity contribution in [3.63, 3.8) is 0 Å². The fourth-order valence-corrected chi connectivity index (χ4v) is 1.24. The summed E-state index contributed by atoms with van der Waals surface area (Å²) < 4.78 is 5.60. The third kappa shape index (κ3) is 2.19. The molecule has 1 aromatic heterocycles. The van der Waals surface area contributed by atoms with Crippen LogP contribution in [0.3, 0.4) is 0 Å². The molecule has 0 fully saturated rings. The maximum atomic E-state index is 5.60. The van der Waals surface area contributed by atoms with E-state index >= 15 is 0 Å². The topological polar surface area (TPSA) is 35.0 Å². The molecule has 3 heteroatoms. The smallest absolute Gasteiger partial charge is 0.232 e. The molecule has 0 radical (unpaired) electrons. The number of aryl methyl sites for hydroxylation is 1. The number of aromatic nitrogens is 2. The van der Waals surface area contributed by atoms with Gasteiger partial charge in [-0.2, -0.15) is 0 Å². The van der Waals surface area contributed by atoms with Gasteiger partial charge in [0.05, 0.1) is 18.1 Å². The van der Waals surface area contributed by atoms with Crippen molar-refractivity contribution < 1.29 is 4.74 Å². The average Bonchev–Trinajstić information content (AvgIpc) is 2.23. The third-order valence-electron chi connectivity index (χ3n) is 1.97. The van der Waals surface area contributed by atoms with Crippen molar-refractivity contribution in [2.45, 2.75) is 19.4 Å². The predicted molar refractivity (Wildman–Crippen MR) is 54.1 cm³/mol. The summed E-state index contributed by atoms with van der Waals surface area (Å²) in [7, 11) is 0. The van der Waals surface area contributed by atoms with Crippen molar-refractivity contribution in [2.75, 3.05) is 0 Å². The number of rotatable bonds is 2. The van der Waals surface area contributed by atoms with E-state index in [0.29, 0.717) is 5.88 Å². The van der Waals surface area contributed by atoms with Gasteiger partial charge in [-0.1, -0.05) is 18.2 Å². The average molecular weight is 188 g/mol. The van der Waals surface area contributed by atoms with E-state index < -0.39 is 0 Å². The Hall–Kier alpha value is -1.64. The minimum absolute atomic E-state index is 0.0945. The summed E-state index contributed by atoms with van der Waals surface area (Å²) in [4.78, 5) is 8.24. The van der Waals surface area contributed by atoms with Gasteiger partial charge >= 0.3 is 0 Å². The second kappa shape index (κ2) is 4.05. The molecule has 72 valence electrons. The molecular formula is C11H12N2O. The van der Waals surface area contributed by atoms with Crippen molar-refractivity contribution in [2.24, 2.45) is 0 Å². The molecule has 2 rings (SSSR count). The highest BCUT2D eigenvalue weighted by molar-refractivity contribution is 5.15. The Bertz CT molecular complexity index is 354. The van der Waals surface area contributed by atoms with E-state index in [1.807, 2.05) is 25.2 Å². The first kappa shape index (κ1) is 8.94. The molecule has 1 heterocycles. The standard InChI is InChI=1S/C11H12N2O/c1-9-7-13-11(8-12-9)14-10-5-3-2-4-6-10/h2-5,7-8,10H,6H2,1H3. The minimum Gasteiger partial charge on any atom is -0.469 e. The lowest BCUT2D eigenvalue weighted by atomic mass is 10.1. The molecule has 0 amide bonds. The summed E-state index contributed by atoms with van der Waals surface area (Å²) in [5.74, 6) is 0.584. The Morgan fingerprint density at radius 2 is 2.21 bits per heavy atom. The molecule has 14 heavy (non-hydrogen) atoms. The zero-order valence-corrected chi connectivity index (χ0v) is 8.05. The van der Waals surface area contributed by atoms with Gasteiger partial charge in [0.15, 0.2) is 0 Å². The van der Waals surface area contributed by atoms with E-state index in [1.165, 1.54) is 0 Å². The lowest BCUT2D eigenvalue weighted by molar-refractivity contribution is 0.240. The summed E-state index contributed by atoms with van der Waals surface area (Å²) in [5.41, 5.74) is 0.899. The van der Waals surface area contributed by atoms with E-state index in [-0.39, 0.29) is 6.10 Å². The first-order valence-corrected chi connectivity index (χ1v) is 4.63. The Balaban J connectivity index is 2.00. The predicted octanol–water partition coefficient (Wildman–Crippen LogP) is 2.05. The van der Waals surface area contributed by atoms with Gasteiger partial charge in [0.25, 0.3) is 0 Å². The normalized spacial score (nSPS) is 19.6. The van der Waals surface area contributed by atoms with Gasteiger partial charge in [0, 0.05) is 6.42 Å². The molecule has 1 unspecified atom stereocenters. The lowest BCUT2D eigenvalue weighted by Gasteiger charge is -2.14. The van der Waals surface area contributed by atoms with Crippen LogP contribution in [0, 0.1) is 6.92 Å². The molecular weight excluding hydrogens is 176 g/mol. The number of ether oxygens (including phenoxy) is 1. The van der Waals surface area contributed by atoms with E-state index in [4.69, 9.17) is 4.74 Å². The Morgan fingerprint density at radius 3 is 2.86 bits per heavy atom. The van der Waals surface area contributed by atoms with Crippen LogP contribution in [0.25, 0.3) is 0 Å². The highest BCUT2D eigenvalue weighted by atomic mass is 16.5. The molecule has 3 nitrogen and oxygen atoms in total. The summed E-state index contributed by atoms with van der Waals surface area (Å²) in [5, 5.41) is 0. The quantitative estimate of drug-likeness (QED) is 0.712. The largest absolute Gasteiger partial charge is 0.469 e. The van der Waals surface area contributed by atoms with Gasteiger partial charge in [-0.3, -0.25) is 4.98 Å². The van der Waals surface area contributed by atoms with Crippen molar-refractivity contribution in [3.8, 4) is 5.88 Å². The molecule has 0 bridgehead atoms. The second-order valence-corrected chi connectivity index (χ2v) is 3.20. The van der Waals surface area contributed by atoms with Gasteiger partial charge in [-0.15, -0.1) is 0 Å². The van der Waals surface area contributed by atoms with E-state index in [9.17, 15) is 0 Å². The van der Waals surface area contributed by atoms with Gasteiger partial charge in [0.1, 0.15) is 6.10 Å². The number of allylic oxidation sites excluding steroid dienone is 2. The molecule has 1 aliphatic carbocycles. The summed E-state index contributed by atoms with van der Waals surface area (Å²) in [6.07, 6.45) is 12.4. The Kier molecular flexibility index (Phi) is 2.58. The maximum absolute atomic E-state index is 5.60. The summed E-state index contributed by atoms with van der Waals surface area (Å²) in [6, 6.07) is 0. The Morgan fingerprint density at radius 1 is 1.29 bits per heavy atom. The van der Waals surface area contributed by atoms with Crippen molar-refractivity contribution in [1.29, 1.82) is 0 Å². The SMILES string of the molecule is Cc1cnc(OC2C=CC=CC2)cn1. The molecule has 0 N–H and O–H groups in total. The van der Waals surface area contributed by atoms with E-state index in [2.05, 4.69) is 16.0 Å². The zero-order chi connectivity index (χ0) is 9.80. The van der Waals surface area contributed by atoms with Crippen LogP contribution < -0.4 is 4.74 Å². The summed E-state index contributed by atoms with van der Waals surface area (Å²) >= 11 is 0. The molecule has 1 aromatic rings. The van der Waals surface area contributed by atoms with E-state index in [1.54, 1.807) is 12.4 Å². The van der Waals surface area contributed by atoms with Crippen LogP contribution in [0.5, 0.6) is 5.88 Å². The first-order valence-electron chi connectivity index (χ1n) is 4.63. The molecule has 0 aliphatic heterocycles. The number of hydrogen-bond acceptors (Lipinski definition) is 3. The molecule has 0 saturated carbocycles. The fraction of sp³-hybridized carbons (Fsp3) is 0.273. The molecule has 0 saturated heterocycles. The number of hydrogen-bond donors (Lipinski definition) is 0. The van der Waals surface area contributed by atoms with Crippen molar-refractivity contribution in [1.82, 2.24) is 9.97 Å². The highest BCUT2D eigenvalue weighted by Crippen LogP contribution is 2.12. The van der Waals surface area contributed by atoms with Crippen molar-refractivity contribution in [3.05, 3.63) is 42.4 Å². The molecule has 0 spiro atoms. The van der Waals surface area contributed by atoms with Crippen LogP contribution in [0.4, 0.5) is 0 Å². The van der Waals surface area contributed by atoms with E-state index in [0.717, 1.165) is 12.1 Å². The van der Waals surface area contributed by atoms with Crippen LogP contribution in [-0.4, -0.2) is 16.1 Å².